The normalized spacial score (nSPS) is 18.1. The van der Waals surface area contributed by atoms with Crippen molar-refractivity contribution in [3.8, 4) is 0 Å². The minimum Gasteiger partial charge on any atom is -0.300 e. The molecule has 0 spiro atoms. The molecule has 0 aliphatic carbocycles. The molecule has 0 saturated carbocycles. The first kappa shape index (κ1) is 18.0. The Balaban J connectivity index is 2.30. The van der Waals surface area contributed by atoms with Crippen LogP contribution in [0.2, 0.25) is 0 Å². The van der Waals surface area contributed by atoms with Crippen LogP contribution in [0.5, 0.6) is 0 Å². The fourth-order valence-corrected chi connectivity index (χ4v) is 4.13. The quantitative estimate of drug-likeness (QED) is 0.780. The maximum absolute atomic E-state index is 12.8. The van der Waals surface area contributed by atoms with Gasteiger partial charge in [-0.15, -0.1) is 6.58 Å². The summed E-state index contributed by atoms with van der Waals surface area (Å²) in [5.74, 6) is 0.0828. The van der Waals surface area contributed by atoms with Gasteiger partial charge in [-0.1, -0.05) is 18.2 Å². The van der Waals surface area contributed by atoms with Crippen LogP contribution in [0.4, 0.5) is 13.2 Å². The first-order chi connectivity index (χ1) is 10.7. The molecule has 1 fully saturated rings. The molecule has 1 aromatic carbocycles. The number of rotatable bonds is 4. The zero-order valence-corrected chi connectivity index (χ0v) is 13.8. The van der Waals surface area contributed by atoms with Gasteiger partial charge in [0.05, 0.1) is 4.90 Å². The summed E-state index contributed by atoms with van der Waals surface area (Å²) < 4.78 is 61.8. The summed E-state index contributed by atoms with van der Waals surface area (Å²) in [6, 6.07) is 4.17. The van der Waals surface area contributed by atoms with Gasteiger partial charge >= 0.3 is 5.51 Å². The third-order valence-electron chi connectivity index (χ3n) is 4.33. The maximum atomic E-state index is 12.8. The molecule has 0 N–H and O–H groups in total. The maximum Gasteiger partial charge on any atom is 0.501 e. The van der Waals surface area contributed by atoms with Crippen LogP contribution in [0.1, 0.15) is 29.9 Å². The first-order valence-electron chi connectivity index (χ1n) is 7.42. The van der Waals surface area contributed by atoms with Crippen LogP contribution in [0.3, 0.4) is 0 Å². The van der Waals surface area contributed by atoms with E-state index in [1.54, 1.807) is 6.07 Å². The Bertz CT molecular complexity index is 675. The number of benzene rings is 1. The zero-order chi connectivity index (χ0) is 17.3. The van der Waals surface area contributed by atoms with Crippen molar-refractivity contribution in [2.75, 3.05) is 19.6 Å². The first-order valence-corrected chi connectivity index (χ1v) is 8.91. The zero-order valence-electron chi connectivity index (χ0n) is 12.9. The van der Waals surface area contributed by atoms with Gasteiger partial charge < -0.3 is 0 Å². The van der Waals surface area contributed by atoms with E-state index in [9.17, 15) is 21.6 Å². The van der Waals surface area contributed by atoms with Crippen LogP contribution in [0, 0.1) is 6.92 Å². The molecule has 1 heterocycles. The Hall–Kier alpha value is -1.34. The lowest BCUT2D eigenvalue weighted by atomic mass is 9.87. The lowest BCUT2D eigenvalue weighted by molar-refractivity contribution is -0.0436. The molecule has 1 saturated heterocycles. The second-order valence-corrected chi connectivity index (χ2v) is 7.69. The van der Waals surface area contributed by atoms with Crippen molar-refractivity contribution in [1.82, 2.24) is 4.90 Å². The molecule has 1 aliphatic rings. The Morgan fingerprint density at radius 1 is 1.30 bits per heavy atom. The van der Waals surface area contributed by atoms with Gasteiger partial charge in [0, 0.05) is 6.54 Å². The monoisotopic (exact) mass is 347 g/mol. The number of alkyl halides is 3. The summed E-state index contributed by atoms with van der Waals surface area (Å²) in [6.07, 6.45) is 3.41. The van der Waals surface area contributed by atoms with Gasteiger partial charge in [-0.25, -0.2) is 8.42 Å². The number of halogens is 3. The van der Waals surface area contributed by atoms with Crippen molar-refractivity contribution < 1.29 is 21.6 Å². The second kappa shape index (κ2) is 6.65. The van der Waals surface area contributed by atoms with Crippen LogP contribution in [0.25, 0.3) is 0 Å². The third-order valence-corrected chi connectivity index (χ3v) is 5.97. The average molecular weight is 347 g/mol. The average Bonchev–Trinajstić information content (AvgIpc) is 2.47. The molecule has 0 bridgehead atoms. The summed E-state index contributed by atoms with van der Waals surface area (Å²) in [5.41, 5.74) is -4.36. The molecule has 128 valence electrons. The van der Waals surface area contributed by atoms with Crippen molar-refractivity contribution in [3.63, 3.8) is 0 Å². The van der Waals surface area contributed by atoms with Gasteiger partial charge in [-0.2, -0.15) is 13.2 Å². The van der Waals surface area contributed by atoms with Crippen molar-refractivity contribution in [1.29, 1.82) is 0 Å². The van der Waals surface area contributed by atoms with Gasteiger partial charge in [0.2, 0.25) is 0 Å². The molecule has 1 aromatic rings. The van der Waals surface area contributed by atoms with Gasteiger partial charge in [0.25, 0.3) is 9.84 Å². The smallest absolute Gasteiger partial charge is 0.300 e. The minimum absolute atomic E-state index is 0.0828. The van der Waals surface area contributed by atoms with Crippen LogP contribution in [-0.2, 0) is 9.84 Å². The molecule has 2 rings (SSSR count). The van der Waals surface area contributed by atoms with Gasteiger partial charge in [0.1, 0.15) is 0 Å². The standard InChI is InChI=1S/C16H20F3NO2S/c1-3-9-20-10-7-13(8-11-20)14-5-4-6-15(12(14)2)23(21,22)16(17,18)19/h3-6,13H,1,7-11H2,2H3. The lowest BCUT2D eigenvalue weighted by Gasteiger charge is -2.32. The lowest BCUT2D eigenvalue weighted by Crippen LogP contribution is -2.33. The largest absolute Gasteiger partial charge is 0.501 e. The van der Waals surface area contributed by atoms with E-state index in [0.29, 0.717) is 5.56 Å². The third kappa shape index (κ3) is 3.61. The molecule has 0 aromatic heterocycles. The molecule has 0 unspecified atom stereocenters. The van der Waals surface area contributed by atoms with E-state index in [0.717, 1.165) is 38.5 Å². The summed E-state index contributed by atoms with van der Waals surface area (Å²) >= 11 is 0. The topological polar surface area (TPSA) is 37.4 Å². The van der Waals surface area contributed by atoms with Crippen molar-refractivity contribution in [2.24, 2.45) is 0 Å². The molecular formula is C16H20F3NO2S. The highest BCUT2D eigenvalue weighted by molar-refractivity contribution is 7.92. The predicted octanol–water partition coefficient (Wildman–Crippen LogP) is 3.65. The fourth-order valence-electron chi connectivity index (χ4n) is 3.10. The highest BCUT2D eigenvalue weighted by Gasteiger charge is 2.47. The number of nitrogens with zero attached hydrogens (tertiary/aromatic N) is 1. The van der Waals surface area contributed by atoms with Crippen molar-refractivity contribution >= 4 is 9.84 Å². The van der Waals surface area contributed by atoms with Gasteiger partial charge in [-0.05, 0) is 56.0 Å². The molecular weight excluding hydrogens is 327 g/mol. The SMILES string of the molecule is C=CCN1CCC(c2cccc(S(=O)(=O)C(F)(F)F)c2C)CC1. The molecule has 0 atom stereocenters. The van der Waals surface area contributed by atoms with E-state index >= 15 is 0 Å². The van der Waals surface area contributed by atoms with Crippen LogP contribution in [0.15, 0.2) is 35.7 Å². The van der Waals surface area contributed by atoms with Crippen molar-refractivity contribution in [3.05, 3.63) is 42.0 Å². The van der Waals surface area contributed by atoms with E-state index in [1.807, 2.05) is 6.08 Å². The number of piperidine rings is 1. The molecule has 23 heavy (non-hydrogen) atoms. The van der Waals surface area contributed by atoms with Crippen LogP contribution < -0.4 is 0 Å². The number of likely N-dealkylation sites (tertiary alicyclic amines) is 1. The highest BCUT2D eigenvalue weighted by atomic mass is 32.2. The summed E-state index contributed by atoms with van der Waals surface area (Å²) in [4.78, 5) is 1.59. The molecule has 0 amide bonds. The predicted molar refractivity (Wildman–Crippen MR) is 83.0 cm³/mol. The summed E-state index contributed by atoms with van der Waals surface area (Å²) in [5, 5.41) is 0. The Morgan fingerprint density at radius 2 is 1.91 bits per heavy atom. The highest BCUT2D eigenvalue weighted by Crippen LogP contribution is 2.37. The van der Waals surface area contributed by atoms with Gasteiger partial charge in [-0.3, -0.25) is 4.90 Å². The number of sulfone groups is 1. The Labute approximate surface area is 134 Å². The molecule has 1 aliphatic heterocycles. The van der Waals surface area contributed by atoms with Crippen LogP contribution >= 0.6 is 0 Å². The van der Waals surface area contributed by atoms with E-state index in [2.05, 4.69) is 11.5 Å². The van der Waals surface area contributed by atoms with E-state index < -0.39 is 20.2 Å². The van der Waals surface area contributed by atoms with E-state index in [4.69, 9.17) is 0 Å². The van der Waals surface area contributed by atoms with E-state index in [-0.39, 0.29) is 11.5 Å². The molecule has 0 radical (unpaired) electrons. The van der Waals surface area contributed by atoms with Crippen molar-refractivity contribution in [2.45, 2.75) is 36.1 Å². The molecule has 3 nitrogen and oxygen atoms in total. The number of hydrogen-bond acceptors (Lipinski definition) is 3. The number of hydrogen-bond donors (Lipinski definition) is 0. The Kier molecular flexibility index (Phi) is 5.20. The van der Waals surface area contributed by atoms with Gasteiger partial charge in [0.15, 0.2) is 0 Å². The van der Waals surface area contributed by atoms with Crippen LogP contribution in [-0.4, -0.2) is 38.5 Å². The second-order valence-electron chi connectivity index (χ2n) is 5.78. The fraction of sp³-hybridized carbons (Fsp3) is 0.500. The Morgan fingerprint density at radius 3 is 2.43 bits per heavy atom. The summed E-state index contributed by atoms with van der Waals surface area (Å²) in [6.45, 7) is 7.59. The minimum atomic E-state index is -5.31. The summed E-state index contributed by atoms with van der Waals surface area (Å²) in [7, 11) is -5.31. The molecule has 7 heteroatoms. The van der Waals surface area contributed by atoms with E-state index in [1.165, 1.54) is 13.0 Å².